The monoisotopic (exact) mass is 390 g/mol. The molecular formula is C23H26N4O2. The van der Waals surface area contributed by atoms with Crippen molar-refractivity contribution < 1.29 is 9.53 Å². The van der Waals surface area contributed by atoms with Gasteiger partial charge >= 0.3 is 0 Å². The lowest BCUT2D eigenvalue weighted by atomic mass is 10.1. The fraction of sp³-hybridized carbons (Fsp3) is 0.261. The summed E-state index contributed by atoms with van der Waals surface area (Å²) in [6.45, 7) is 9.73. The predicted octanol–water partition coefficient (Wildman–Crippen LogP) is 5.18. The van der Waals surface area contributed by atoms with E-state index in [9.17, 15) is 4.79 Å². The maximum Gasteiger partial charge on any atom is 0.274 e. The molecule has 2 N–H and O–H groups in total. The van der Waals surface area contributed by atoms with Crippen LogP contribution < -0.4 is 15.4 Å². The van der Waals surface area contributed by atoms with Crippen LogP contribution in [0.25, 0.3) is 0 Å². The maximum atomic E-state index is 12.7. The van der Waals surface area contributed by atoms with E-state index in [4.69, 9.17) is 4.74 Å². The van der Waals surface area contributed by atoms with Crippen LogP contribution in [0.2, 0.25) is 0 Å². The number of carbonyl (C=O) groups is 1. The number of hydrogen-bond donors (Lipinski definition) is 2. The molecule has 0 aliphatic rings. The van der Waals surface area contributed by atoms with E-state index in [0.29, 0.717) is 17.3 Å². The highest BCUT2D eigenvalue weighted by Crippen LogP contribution is 2.22. The van der Waals surface area contributed by atoms with Crippen LogP contribution in [0.1, 0.15) is 41.3 Å². The summed E-state index contributed by atoms with van der Waals surface area (Å²) in [6, 6.07) is 15.1. The van der Waals surface area contributed by atoms with Crippen LogP contribution in [0, 0.1) is 20.8 Å². The minimum Gasteiger partial charge on any atom is -0.491 e. The van der Waals surface area contributed by atoms with E-state index < -0.39 is 0 Å². The van der Waals surface area contributed by atoms with Gasteiger partial charge in [0.2, 0.25) is 0 Å². The number of aromatic nitrogens is 2. The topological polar surface area (TPSA) is 76.1 Å². The Hall–Kier alpha value is -3.41. The third-order valence-corrected chi connectivity index (χ3v) is 4.42. The largest absolute Gasteiger partial charge is 0.491 e. The lowest BCUT2D eigenvalue weighted by Gasteiger charge is -2.12. The number of ether oxygens (including phenoxy) is 1. The molecule has 1 heterocycles. The van der Waals surface area contributed by atoms with Crippen LogP contribution in [0.5, 0.6) is 5.75 Å². The third-order valence-electron chi connectivity index (χ3n) is 4.42. The highest BCUT2D eigenvalue weighted by molar-refractivity contribution is 6.03. The molecule has 0 radical (unpaired) electrons. The Morgan fingerprint density at radius 3 is 2.41 bits per heavy atom. The highest BCUT2D eigenvalue weighted by atomic mass is 16.5. The van der Waals surface area contributed by atoms with E-state index >= 15 is 0 Å². The summed E-state index contributed by atoms with van der Waals surface area (Å²) in [6.07, 6.45) is 0.122. The van der Waals surface area contributed by atoms with Crippen molar-refractivity contribution in [1.29, 1.82) is 0 Å². The number of nitrogens with zero attached hydrogens (tertiary/aromatic N) is 2. The van der Waals surface area contributed by atoms with E-state index in [1.165, 1.54) is 0 Å². The Kier molecular flexibility index (Phi) is 6.12. The van der Waals surface area contributed by atoms with E-state index in [1.807, 2.05) is 70.2 Å². The standard InChI is InChI=1S/C23H26N4O2/c1-14(2)29-19-11-9-18(10-12-19)26-22-13-21(24-17(5)25-22)23(28)27-20-8-6-7-15(3)16(20)4/h6-14H,1-5H3,(H,27,28)(H,24,25,26). The van der Waals surface area contributed by atoms with Gasteiger partial charge in [0.1, 0.15) is 23.1 Å². The van der Waals surface area contributed by atoms with E-state index in [1.54, 1.807) is 13.0 Å². The quantitative estimate of drug-likeness (QED) is 0.606. The van der Waals surface area contributed by atoms with Crippen LogP contribution >= 0.6 is 0 Å². The van der Waals surface area contributed by atoms with Gasteiger partial charge in [-0.15, -0.1) is 0 Å². The maximum absolute atomic E-state index is 12.7. The van der Waals surface area contributed by atoms with Gasteiger partial charge in [-0.1, -0.05) is 12.1 Å². The summed E-state index contributed by atoms with van der Waals surface area (Å²) in [4.78, 5) is 21.4. The normalized spacial score (nSPS) is 10.7. The molecule has 0 bridgehead atoms. The van der Waals surface area contributed by atoms with Gasteiger partial charge in [-0.2, -0.15) is 0 Å². The average molecular weight is 390 g/mol. The Morgan fingerprint density at radius 2 is 1.72 bits per heavy atom. The van der Waals surface area contributed by atoms with Crippen LogP contribution in [0.3, 0.4) is 0 Å². The number of benzene rings is 2. The van der Waals surface area contributed by atoms with Crippen molar-refractivity contribution in [2.24, 2.45) is 0 Å². The fourth-order valence-electron chi connectivity index (χ4n) is 2.86. The third kappa shape index (κ3) is 5.31. The van der Waals surface area contributed by atoms with Gasteiger partial charge in [0.25, 0.3) is 5.91 Å². The van der Waals surface area contributed by atoms with E-state index in [2.05, 4.69) is 20.6 Å². The summed E-state index contributed by atoms with van der Waals surface area (Å²) >= 11 is 0. The molecule has 0 aliphatic carbocycles. The molecule has 3 rings (SSSR count). The highest BCUT2D eigenvalue weighted by Gasteiger charge is 2.13. The minimum atomic E-state index is -0.270. The van der Waals surface area contributed by atoms with E-state index in [-0.39, 0.29) is 12.0 Å². The Labute approximate surface area is 171 Å². The summed E-state index contributed by atoms with van der Waals surface area (Å²) in [5.41, 5.74) is 4.09. The second-order valence-corrected chi connectivity index (χ2v) is 7.20. The van der Waals surface area contributed by atoms with Crippen molar-refractivity contribution in [2.75, 3.05) is 10.6 Å². The first-order chi connectivity index (χ1) is 13.8. The molecular weight excluding hydrogens is 364 g/mol. The molecule has 0 spiro atoms. The fourth-order valence-corrected chi connectivity index (χ4v) is 2.86. The summed E-state index contributed by atoms with van der Waals surface area (Å²) < 4.78 is 5.66. The zero-order valence-electron chi connectivity index (χ0n) is 17.4. The molecule has 0 saturated carbocycles. The molecule has 29 heavy (non-hydrogen) atoms. The van der Waals surface area contributed by atoms with Gasteiger partial charge in [-0.3, -0.25) is 4.79 Å². The molecule has 0 atom stereocenters. The second-order valence-electron chi connectivity index (χ2n) is 7.20. The van der Waals surface area contributed by atoms with Crippen LogP contribution in [0.4, 0.5) is 17.2 Å². The lowest BCUT2D eigenvalue weighted by Crippen LogP contribution is -2.16. The van der Waals surface area contributed by atoms with Crippen molar-refractivity contribution >= 4 is 23.1 Å². The van der Waals surface area contributed by atoms with Crippen molar-refractivity contribution in [1.82, 2.24) is 9.97 Å². The molecule has 6 heteroatoms. The molecule has 3 aromatic rings. The van der Waals surface area contributed by atoms with Gasteiger partial charge in [0, 0.05) is 17.4 Å². The zero-order valence-corrected chi connectivity index (χ0v) is 17.4. The first-order valence-corrected chi connectivity index (χ1v) is 9.59. The molecule has 0 fully saturated rings. The predicted molar refractivity (Wildman–Crippen MR) is 116 cm³/mol. The number of carbonyl (C=O) groups excluding carboxylic acids is 1. The molecule has 0 aliphatic heterocycles. The molecule has 2 aromatic carbocycles. The number of aryl methyl sites for hydroxylation is 2. The number of amides is 1. The Morgan fingerprint density at radius 1 is 1.00 bits per heavy atom. The first kappa shape index (κ1) is 20.3. The minimum absolute atomic E-state index is 0.122. The summed E-state index contributed by atoms with van der Waals surface area (Å²) in [5.74, 6) is 1.60. The lowest BCUT2D eigenvalue weighted by molar-refractivity contribution is 0.102. The average Bonchev–Trinajstić information content (AvgIpc) is 2.66. The molecule has 150 valence electrons. The molecule has 1 aromatic heterocycles. The van der Waals surface area contributed by atoms with Crippen molar-refractivity contribution in [2.45, 2.75) is 40.7 Å². The van der Waals surface area contributed by atoms with Crippen molar-refractivity contribution in [3.63, 3.8) is 0 Å². The van der Waals surface area contributed by atoms with Gasteiger partial charge in [0.15, 0.2) is 0 Å². The number of rotatable bonds is 6. The van der Waals surface area contributed by atoms with Crippen LogP contribution in [0.15, 0.2) is 48.5 Å². The molecule has 1 amide bonds. The van der Waals surface area contributed by atoms with Gasteiger partial charge in [-0.25, -0.2) is 9.97 Å². The van der Waals surface area contributed by atoms with Gasteiger partial charge in [-0.05, 0) is 76.1 Å². The summed E-state index contributed by atoms with van der Waals surface area (Å²) in [7, 11) is 0. The molecule has 0 unspecified atom stereocenters. The Balaban J connectivity index is 1.77. The second kappa shape index (κ2) is 8.73. The summed E-state index contributed by atoms with van der Waals surface area (Å²) in [5, 5.41) is 6.16. The van der Waals surface area contributed by atoms with E-state index in [0.717, 1.165) is 28.3 Å². The SMILES string of the molecule is Cc1nc(Nc2ccc(OC(C)C)cc2)cc(C(=O)Nc2cccc(C)c2C)n1. The van der Waals surface area contributed by atoms with Gasteiger partial charge < -0.3 is 15.4 Å². The first-order valence-electron chi connectivity index (χ1n) is 9.59. The van der Waals surface area contributed by atoms with Crippen LogP contribution in [-0.4, -0.2) is 22.0 Å². The number of nitrogens with one attached hydrogen (secondary N) is 2. The van der Waals surface area contributed by atoms with Crippen LogP contribution in [-0.2, 0) is 0 Å². The Bertz CT molecular complexity index is 1010. The van der Waals surface area contributed by atoms with Gasteiger partial charge in [0.05, 0.1) is 6.10 Å². The van der Waals surface area contributed by atoms with Crippen molar-refractivity contribution in [3.05, 3.63) is 71.2 Å². The smallest absolute Gasteiger partial charge is 0.274 e. The van der Waals surface area contributed by atoms with Crippen molar-refractivity contribution in [3.8, 4) is 5.75 Å². The molecule has 6 nitrogen and oxygen atoms in total. The number of hydrogen-bond acceptors (Lipinski definition) is 5. The zero-order chi connectivity index (χ0) is 21.0. The number of anilines is 3. The molecule has 0 saturated heterocycles.